The maximum atomic E-state index is 14.7. The predicted octanol–water partition coefficient (Wildman–Crippen LogP) is 11.2. The van der Waals surface area contributed by atoms with E-state index in [9.17, 15) is 35.1 Å². The van der Waals surface area contributed by atoms with E-state index in [1.807, 2.05) is 0 Å². The number of benzene rings is 5. The molecule has 6 aromatic rings. The molecule has 1 aromatic heterocycles. The number of allylic oxidation sites excluding steroid dienone is 2. The van der Waals surface area contributed by atoms with Crippen LogP contribution in [0.4, 0.5) is 35.1 Å². The van der Waals surface area contributed by atoms with E-state index >= 15 is 0 Å². The third-order valence-corrected chi connectivity index (χ3v) is 9.32. The molecule has 1 aliphatic heterocycles. The molecule has 0 saturated heterocycles. The molecule has 0 aliphatic carbocycles. The first kappa shape index (κ1) is 40.2. The Morgan fingerprint density at radius 2 is 1.05 bits per heavy atom. The number of halogens is 8. The molecule has 7 rings (SSSR count). The quantitative estimate of drug-likeness (QED) is 0.0766. The van der Waals surface area contributed by atoms with Crippen LogP contribution in [-0.4, -0.2) is 56.3 Å². The topological polar surface area (TPSA) is 35.8 Å². The monoisotopic (exact) mass is 796 g/mol. The van der Waals surface area contributed by atoms with E-state index in [2.05, 4.69) is 0 Å². The molecule has 2 atom stereocenters. The zero-order chi connectivity index (χ0) is 40.8. The molecule has 0 amide bonds. The molecule has 2 heterocycles. The first-order chi connectivity index (χ1) is 28.1. The average molecular weight is 797 g/mol. The van der Waals surface area contributed by atoms with Gasteiger partial charge in [-0.3, -0.25) is 0 Å². The molecule has 0 radical (unpaired) electrons. The normalized spacial score (nSPS) is 14.6. The van der Waals surface area contributed by atoms with Gasteiger partial charge in [-0.15, -0.1) is 0 Å². The number of hydrogen-bond donors (Lipinski definition) is 0. The minimum atomic E-state index is -2.13. The van der Waals surface area contributed by atoms with Crippen molar-refractivity contribution in [2.45, 2.75) is 12.3 Å². The van der Waals surface area contributed by atoms with Crippen molar-refractivity contribution in [3.63, 3.8) is 0 Å². The molecule has 0 bridgehead atoms. The summed E-state index contributed by atoms with van der Waals surface area (Å²) in [5.74, 6) is -2.08. The summed E-state index contributed by atoms with van der Waals surface area (Å²) in [7, 11) is -1.78. The third-order valence-electron chi connectivity index (χ3n) is 9.32. The highest BCUT2D eigenvalue weighted by Gasteiger charge is 2.36. The van der Waals surface area contributed by atoms with Gasteiger partial charge in [-0.25, -0.2) is 40.1 Å². The molecule has 0 N–H and O–H groups in total. The summed E-state index contributed by atoms with van der Waals surface area (Å²) in [6.45, 7) is -4.58. The fourth-order valence-corrected chi connectivity index (χ4v) is 6.57. The Balaban J connectivity index is 1.63. The molecule has 13 heteroatoms. The molecular formula is C45H33BF8N2O2. The average Bonchev–Trinajstić information content (AvgIpc) is 3.85. The van der Waals surface area contributed by atoms with Crippen molar-refractivity contribution in [1.82, 2.24) is 4.48 Å². The summed E-state index contributed by atoms with van der Waals surface area (Å²) in [5.41, 5.74) is 4.79. The highest BCUT2D eigenvalue weighted by molar-refractivity contribution is 6.44. The van der Waals surface area contributed by atoms with Crippen LogP contribution in [-0.2, 0) is 9.31 Å². The van der Waals surface area contributed by atoms with Gasteiger partial charge in [-0.2, -0.15) is 0 Å². The van der Waals surface area contributed by atoms with Crippen molar-refractivity contribution in [2.24, 2.45) is 4.99 Å². The van der Waals surface area contributed by atoms with E-state index in [1.165, 1.54) is 77.3 Å². The Kier molecular flexibility index (Phi) is 12.5. The second kappa shape index (κ2) is 18.0. The highest BCUT2D eigenvalue weighted by atomic mass is 19.2. The SMILES string of the molecule is FCC(F)COB(OCC(F)CF)n1c(-c2ccc(F)cc2)cc(-c2ccc(F)cc2)c1/C(=C1\N=C(c2ccc(F)cc2)C=C1c1ccc(F)cc1)c1ccccc1. The Morgan fingerprint density at radius 3 is 1.55 bits per heavy atom. The van der Waals surface area contributed by atoms with Crippen molar-refractivity contribution in [3.8, 4) is 22.4 Å². The Bertz CT molecular complexity index is 2420. The van der Waals surface area contributed by atoms with Gasteiger partial charge in [0.05, 0.1) is 30.3 Å². The van der Waals surface area contributed by atoms with Gasteiger partial charge >= 0.3 is 7.25 Å². The minimum absolute atomic E-state index is 0.223. The lowest BCUT2D eigenvalue weighted by Crippen LogP contribution is -2.38. The van der Waals surface area contributed by atoms with Crippen LogP contribution < -0.4 is 0 Å². The highest BCUT2D eigenvalue weighted by Crippen LogP contribution is 2.45. The van der Waals surface area contributed by atoms with Crippen molar-refractivity contribution in [2.75, 3.05) is 26.6 Å². The summed E-state index contributed by atoms with van der Waals surface area (Å²) in [6, 6.07) is 32.6. The van der Waals surface area contributed by atoms with Crippen LogP contribution in [0.1, 0.15) is 22.4 Å². The number of aliphatic imine (C=N–C) groups is 1. The van der Waals surface area contributed by atoms with Gasteiger partial charge in [-0.05, 0) is 95.1 Å². The molecule has 294 valence electrons. The second-order valence-electron chi connectivity index (χ2n) is 13.3. The van der Waals surface area contributed by atoms with Gasteiger partial charge in [0.15, 0.2) is 0 Å². The first-order valence-electron chi connectivity index (χ1n) is 18.2. The van der Waals surface area contributed by atoms with E-state index in [-0.39, 0.29) is 11.4 Å². The summed E-state index contributed by atoms with van der Waals surface area (Å²) in [5, 5.41) is 0. The van der Waals surface area contributed by atoms with Gasteiger partial charge < -0.3 is 13.8 Å². The molecule has 5 aromatic carbocycles. The molecule has 58 heavy (non-hydrogen) atoms. The Morgan fingerprint density at radius 1 is 0.586 bits per heavy atom. The number of alkyl halides is 4. The smallest absolute Gasteiger partial charge is 0.388 e. The van der Waals surface area contributed by atoms with E-state index in [0.717, 1.165) is 0 Å². The van der Waals surface area contributed by atoms with Crippen molar-refractivity contribution < 1.29 is 44.4 Å². The summed E-state index contributed by atoms with van der Waals surface area (Å²) >= 11 is 0. The van der Waals surface area contributed by atoms with Crippen LogP contribution in [0.2, 0.25) is 0 Å². The first-order valence-corrected chi connectivity index (χ1v) is 18.2. The fourth-order valence-electron chi connectivity index (χ4n) is 6.57. The van der Waals surface area contributed by atoms with Crippen molar-refractivity contribution >= 4 is 24.1 Å². The minimum Gasteiger partial charge on any atom is -0.388 e. The van der Waals surface area contributed by atoms with Gasteiger partial charge in [0.2, 0.25) is 0 Å². The Labute approximate surface area is 329 Å². The largest absolute Gasteiger partial charge is 0.598 e. The molecule has 0 saturated carbocycles. The van der Waals surface area contributed by atoms with E-state index in [4.69, 9.17) is 14.3 Å². The number of rotatable bonds is 15. The van der Waals surface area contributed by atoms with Crippen LogP contribution in [0.5, 0.6) is 0 Å². The predicted molar refractivity (Wildman–Crippen MR) is 210 cm³/mol. The van der Waals surface area contributed by atoms with E-state index in [0.29, 0.717) is 55.9 Å². The number of nitrogens with zero attached hydrogens (tertiary/aromatic N) is 2. The van der Waals surface area contributed by atoms with Gasteiger partial charge in [-0.1, -0.05) is 66.7 Å². The van der Waals surface area contributed by atoms with E-state index < -0.39 is 69.4 Å². The van der Waals surface area contributed by atoms with Crippen LogP contribution in [0, 0.1) is 23.3 Å². The third kappa shape index (κ3) is 8.90. The second-order valence-corrected chi connectivity index (χ2v) is 13.3. The molecule has 2 unspecified atom stereocenters. The fraction of sp³-hybridized carbons (Fsp3) is 0.133. The summed E-state index contributed by atoms with van der Waals surface area (Å²) in [6.07, 6.45) is -2.51. The number of hydrogen-bond acceptors (Lipinski definition) is 3. The summed E-state index contributed by atoms with van der Waals surface area (Å²) < 4.78 is 127. The molecular weight excluding hydrogens is 763 g/mol. The molecule has 4 nitrogen and oxygen atoms in total. The van der Waals surface area contributed by atoms with Crippen LogP contribution >= 0.6 is 0 Å². The molecule has 0 spiro atoms. The van der Waals surface area contributed by atoms with Crippen molar-refractivity contribution in [1.29, 1.82) is 0 Å². The zero-order valence-corrected chi connectivity index (χ0v) is 30.6. The lowest BCUT2D eigenvalue weighted by Gasteiger charge is -2.24. The van der Waals surface area contributed by atoms with Gasteiger partial charge in [0, 0.05) is 28.0 Å². The standard InChI is InChI=1S/C45H33BF8N2O2/c47-24-37(53)26-57-46(58-27-38(54)25-48)56-42(31-12-20-36(52)21-13-31)23-40(29-8-16-34(50)17-9-29)45(56)43(32-4-2-1-3-5-32)44-39(28-6-14-33(49)15-7-28)22-41(55-44)30-10-18-35(51)19-11-30/h1-23,37-38H,24-27H2/b44-43-. The summed E-state index contributed by atoms with van der Waals surface area (Å²) in [4.78, 5) is 5.10. The Hall–Kier alpha value is -6.05. The van der Waals surface area contributed by atoms with E-state index in [1.54, 1.807) is 66.7 Å². The van der Waals surface area contributed by atoms with Gasteiger partial charge in [0.1, 0.15) is 49.0 Å². The van der Waals surface area contributed by atoms with Crippen LogP contribution in [0.15, 0.2) is 150 Å². The maximum absolute atomic E-state index is 14.7. The molecule has 0 fully saturated rings. The van der Waals surface area contributed by atoms with Crippen LogP contribution in [0.25, 0.3) is 33.5 Å². The molecule has 1 aliphatic rings. The van der Waals surface area contributed by atoms with Gasteiger partial charge in [0.25, 0.3) is 0 Å². The van der Waals surface area contributed by atoms with Crippen molar-refractivity contribution in [3.05, 3.63) is 191 Å². The van der Waals surface area contributed by atoms with Crippen LogP contribution in [0.3, 0.4) is 0 Å². The lowest BCUT2D eigenvalue weighted by molar-refractivity contribution is 0.0997. The zero-order valence-electron chi connectivity index (χ0n) is 30.6. The lowest BCUT2D eigenvalue weighted by atomic mass is 9.89. The maximum Gasteiger partial charge on any atom is 0.598 e. The number of aromatic nitrogens is 1.